The van der Waals surface area contributed by atoms with Crippen LogP contribution in [0.1, 0.15) is 59.4 Å². The molecule has 2 aliphatic rings. The van der Waals surface area contributed by atoms with E-state index in [4.69, 9.17) is 23.2 Å². The minimum atomic E-state index is -0.488. The highest BCUT2D eigenvalue weighted by Gasteiger charge is 2.26. The number of amides is 4. The van der Waals surface area contributed by atoms with Crippen molar-refractivity contribution in [1.29, 1.82) is 0 Å². The molecule has 0 saturated carbocycles. The average molecular weight is 823 g/mol. The highest BCUT2D eigenvalue weighted by Crippen LogP contribution is 2.33. The van der Waals surface area contributed by atoms with Gasteiger partial charge in [-0.2, -0.15) is 5.10 Å². The molecule has 0 bridgehead atoms. The number of imide groups is 1. The number of carbonyl (C=O) groups is 4. The van der Waals surface area contributed by atoms with Crippen molar-refractivity contribution >= 4 is 64.0 Å². The Hall–Kier alpha value is -5.76. The van der Waals surface area contributed by atoms with Crippen molar-refractivity contribution < 1.29 is 19.2 Å². The monoisotopic (exact) mass is 821 g/mol. The molecule has 58 heavy (non-hydrogen) atoms. The molecule has 2 saturated heterocycles. The molecule has 4 amide bonds. The number of anilines is 3. The van der Waals surface area contributed by atoms with Crippen LogP contribution in [0.25, 0.3) is 16.9 Å². The van der Waals surface area contributed by atoms with Crippen molar-refractivity contribution in [2.24, 2.45) is 0 Å². The third-order valence-electron chi connectivity index (χ3n) is 10.3. The molecule has 7 rings (SSSR count). The minimum Gasteiger partial charge on any atom is -0.374 e. The number of hydrogen-bond acceptors (Lipinski definition) is 9. The third kappa shape index (κ3) is 10.2. The van der Waals surface area contributed by atoms with Gasteiger partial charge in [-0.05, 0) is 86.5 Å². The molecule has 300 valence electrons. The van der Waals surface area contributed by atoms with Crippen LogP contribution in [0.3, 0.4) is 0 Å². The van der Waals surface area contributed by atoms with E-state index in [0.717, 1.165) is 69.8 Å². The summed E-state index contributed by atoms with van der Waals surface area (Å²) in [6.45, 7) is 5.41. The number of piperidine rings is 1. The number of carbonyl (C=O) groups excluding carboxylic acids is 4. The maximum Gasteiger partial charge on any atom is 0.271 e. The lowest BCUT2D eigenvalue weighted by Gasteiger charge is -2.36. The van der Waals surface area contributed by atoms with Crippen LogP contribution < -0.4 is 26.2 Å². The van der Waals surface area contributed by atoms with Gasteiger partial charge in [0, 0.05) is 68.3 Å². The average Bonchev–Trinajstić information content (AvgIpc) is 3.66. The summed E-state index contributed by atoms with van der Waals surface area (Å²) in [6, 6.07) is 27.1. The van der Waals surface area contributed by atoms with Gasteiger partial charge in [0.25, 0.3) is 11.8 Å². The molecule has 2 aromatic heterocycles. The Morgan fingerprint density at radius 3 is 2.29 bits per heavy atom. The molecule has 2 aliphatic heterocycles. The van der Waals surface area contributed by atoms with Crippen LogP contribution in [0, 0.1) is 0 Å². The lowest BCUT2D eigenvalue weighted by Crippen LogP contribution is -2.47. The molecule has 0 radical (unpaired) electrons. The van der Waals surface area contributed by atoms with Gasteiger partial charge in [-0.25, -0.2) is 4.68 Å². The molecule has 0 aliphatic carbocycles. The van der Waals surface area contributed by atoms with E-state index >= 15 is 0 Å². The molecular formula is C43H45Cl2N9O4. The van der Waals surface area contributed by atoms with Crippen molar-refractivity contribution in [2.45, 2.75) is 44.6 Å². The molecule has 3 aromatic carbocycles. The van der Waals surface area contributed by atoms with Crippen LogP contribution in [0.15, 0.2) is 97.2 Å². The number of aromatic nitrogens is 3. The van der Waals surface area contributed by atoms with Crippen molar-refractivity contribution in [3.05, 3.63) is 118 Å². The van der Waals surface area contributed by atoms with Crippen LogP contribution in [0.5, 0.6) is 0 Å². The number of rotatable bonds is 15. The van der Waals surface area contributed by atoms with E-state index in [-0.39, 0.29) is 34.0 Å². The summed E-state index contributed by atoms with van der Waals surface area (Å²) in [5.41, 5.74) is 4.23. The number of nitrogens with one attached hydrogen (secondary N) is 4. The summed E-state index contributed by atoms with van der Waals surface area (Å²) >= 11 is 13.0. The van der Waals surface area contributed by atoms with E-state index in [1.165, 1.54) is 10.7 Å². The lowest BCUT2D eigenvalue weighted by molar-refractivity contribution is -0.133. The van der Waals surface area contributed by atoms with Crippen LogP contribution in [0.4, 0.5) is 17.2 Å². The summed E-state index contributed by atoms with van der Waals surface area (Å²) < 4.78 is 1.52. The molecule has 2 fully saturated rings. The van der Waals surface area contributed by atoms with Crippen molar-refractivity contribution in [2.75, 3.05) is 54.8 Å². The Balaban J connectivity index is 0.846. The summed E-state index contributed by atoms with van der Waals surface area (Å²) in [7, 11) is 0. The minimum absolute atomic E-state index is 0.175. The topological polar surface area (TPSA) is 154 Å². The predicted octanol–water partition coefficient (Wildman–Crippen LogP) is 6.82. The second kappa shape index (κ2) is 19.1. The fraction of sp³-hybridized carbons (Fsp3) is 0.302. The quantitative estimate of drug-likeness (QED) is 0.0658. The van der Waals surface area contributed by atoms with E-state index in [9.17, 15) is 19.2 Å². The number of benzene rings is 3. The second-order valence-electron chi connectivity index (χ2n) is 14.3. The fourth-order valence-corrected chi connectivity index (χ4v) is 7.67. The zero-order valence-electron chi connectivity index (χ0n) is 31.9. The van der Waals surface area contributed by atoms with E-state index in [1.807, 2.05) is 48.5 Å². The predicted molar refractivity (Wildman–Crippen MR) is 227 cm³/mol. The van der Waals surface area contributed by atoms with E-state index in [2.05, 4.69) is 53.3 Å². The number of halogens is 2. The molecular weight excluding hydrogens is 777 g/mol. The SMILES string of the molecule is O=C1CCC(Nc2ccc(N3CCN(CCCCCCNC(=O)c4cc(NC(=O)c5cc(-c6ccccn6)c(Cl)cc5Cl)n(-c5ccccc5)n4)CC3)cc2)C(=O)N1. The van der Waals surface area contributed by atoms with Crippen LogP contribution >= 0.6 is 23.2 Å². The Morgan fingerprint density at radius 2 is 1.55 bits per heavy atom. The van der Waals surface area contributed by atoms with Gasteiger partial charge in [-0.15, -0.1) is 0 Å². The Bertz CT molecular complexity index is 2230. The zero-order valence-corrected chi connectivity index (χ0v) is 33.4. The van der Waals surface area contributed by atoms with Gasteiger partial charge in [0.2, 0.25) is 11.8 Å². The molecule has 0 spiro atoms. The normalized spacial score (nSPS) is 15.8. The van der Waals surface area contributed by atoms with Crippen molar-refractivity contribution in [1.82, 2.24) is 30.3 Å². The van der Waals surface area contributed by atoms with Gasteiger partial charge in [-0.1, -0.05) is 60.3 Å². The largest absolute Gasteiger partial charge is 0.374 e. The zero-order chi connectivity index (χ0) is 40.4. The molecule has 1 unspecified atom stereocenters. The summed E-state index contributed by atoms with van der Waals surface area (Å²) in [5, 5.41) is 16.6. The lowest BCUT2D eigenvalue weighted by atomic mass is 10.1. The van der Waals surface area contributed by atoms with Gasteiger partial charge in [0.05, 0.1) is 27.0 Å². The molecule has 4 N–H and O–H groups in total. The molecule has 5 aromatic rings. The number of pyridine rings is 1. The summed E-state index contributed by atoms with van der Waals surface area (Å²) in [6.07, 6.45) is 6.46. The first kappa shape index (κ1) is 40.4. The maximum absolute atomic E-state index is 13.6. The van der Waals surface area contributed by atoms with Crippen LogP contribution in [-0.2, 0) is 9.59 Å². The first-order valence-corrected chi connectivity index (χ1v) is 20.3. The van der Waals surface area contributed by atoms with Gasteiger partial charge in [-0.3, -0.25) is 34.4 Å². The fourth-order valence-electron chi connectivity index (χ4n) is 7.11. The number of piperazine rings is 1. The van der Waals surface area contributed by atoms with Crippen molar-refractivity contribution in [3.8, 4) is 16.9 Å². The molecule has 13 nitrogen and oxygen atoms in total. The Kier molecular flexibility index (Phi) is 13.3. The second-order valence-corrected chi connectivity index (χ2v) is 15.2. The third-order valence-corrected chi connectivity index (χ3v) is 10.9. The van der Waals surface area contributed by atoms with E-state index in [0.29, 0.717) is 47.2 Å². The molecule has 15 heteroatoms. The highest BCUT2D eigenvalue weighted by molar-refractivity contribution is 6.38. The number of nitrogens with zero attached hydrogens (tertiary/aromatic N) is 5. The highest BCUT2D eigenvalue weighted by atomic mass is 35.5. The summed E-state index contributed by atoms with van der Waals surface area (Å²) in [4.78, 5) is 59.6. The molecule has 1 atom stereocenters. The van der Waals surface area contributed by atoms with Gasteiger partial charge < -0.3 is 20.9 Å². The maximum atomic E-state index is 13.6. The van der Waals surface area contributed by atoms with Gasteiger partial charge >= 0.3 is 0 Å². The van der Waals surface area contributed by atoms with Crippen molar-refractivity contribution in [3.63, 3.8) is 0 Å². The smallest absolute Gasteiger partial charge is 0.271 e. The number of unbranched alkanes of at least 4 members (excludes halogenated alkanes) is 3. The number of para-hydroxylation sites is 1. The molecule has 4 heterocycles. The van der Waals surface area contributed by atoms with E-state index in [1.54, 1.807) is 30.5 Å². The first-order chi connectivity index (χ1) is 28.2. The van der Waals surface area contributed by atoms with Gasteiger partial charge in [0.15, 0.2) is 5.69 Å². The first-order valence-electron chi connectivity index (χ1n) is 19.5. The summed E-state index contributed by atoms with van der Waals surface area (Å²) in [5.74, 6) is -0.998. The Labute approximate surface area is 347 Å². The van der Waals surface area contributed by atoms with Gasteiger partial charge in [0.1, 0.15) is 11.9 Å². The van der Waals surface area contributed by atoms with Crippen LogP contribution in [0.2, 0.25) is 10.0 Å². The Morgan fingerprint density at radius 1 is 0.793 bits per heavy atom. The number of hydrogen-bond donors (Lipinski definition) is 4. The standard InChI is InChI=1S/C43H45Cl2N9O4/c44-34-27-35(45)33(26-32(34)36-12-6-8-19-46-36)41(56)49-39-28-38(51-54(39)31-10-4-3-5-11-31)42(57)47-20-7-1-2-9-21-52-22-24-53(25-23-52)30-15-13-29(14-16-30)48-37-17-18-40(55)50-43(37)58/h3-6,8,10-16,19,26-28,37,48H,1-2,7,9,17-18,20-25H2,(H,47,57)(H,49,56)(H,50,55,58). The van der Waals surface area contributed by atoms with Crippen LogP contribution in [-0.4, -0.2) is 88.6 Å². The van der Waals surface area contributed by atoms with E-state index < -0.39 is 11.9 Å².